The standard InChI is InChI=1S/C25H29F3N4O2/c1-19(16-25(26,27)28)30-14-10-24(11-15-30)22(33)31(18-21-8-5-12-29-17-21)23(34)32(24)13-9-20-6-3-2-4-7-20/h2-8,12,17,19H,9-11,13-16,18H2,1H3/t19-/m0/s1. The van der Waals surface area contributed by atoms with Crippen LogP contribution in [0.4, 0.5) is 18.0 Å². The van der Waals surface area contributed by atoms with Crippen LogP contribution in [-0.2, 0) is 17.8 Å². The number of hydrogen-bond acceptors (Lipinski definition) is 4. The van der Waals surface area contributed by atoms with E-state index in [-0.39, 0.29) is 18.5 Å². The Balaban J connectivity index is 1.54. The van der Waals surface area contributed by atoms with Crippen molar-refractivity contribution in [2.45, 2.75) is 56.9 Å². The van der Waals surface area contributed by atoms with Gasteiger partial charge in [0.05, 0.1) is 13.0 Å². The monoisotopic (exact) mass is 474 g/mol. The van der Waals surface area contributed by atoms with Gasteiger partial charge in [-0.15, -0.1) is 0 Å². The summed E-state index contributed by atoms with van der Waals surface area (Å²) in [5.41, 5.74) is 0.781. The highest BCUT2D eigenvalue weighted by Crippen LogP contribution is 2.39. The van der Waals surface area contributed by atoms with Gasteiger partial charge in [-0.1, -0.05) is 36.4 Å². The predicted octanol–water partition coefficient (Wildman–Crippen LogP) is 4.26. The molecule has 3 amide bonds. The zero-order valence-electron chi connectivity index (χ0n) is 19.2. The van der Waals surface area contributed by atoms with Crippen molar-refractivity contribution in [3.8, 4) is 0 Å². The number of urea groups is 1. The molecule has 4 rings (SSSR count). The molecule has 2 fully saturated rings. The van der Waals surface area contributed by atoms with Crippen LogP contribution in [0.3, 0.4) is 0 Å². The Morgan fingerprint density at radius 2 is 1.71 bits per heavy atom. The van der Waals surface area contributed by atoms with E-state index in [1.54, 1.807) is 35.2 Å². The van der Waals surface area contributed by atoms with Gasteiger partial charge in [-0.25, -0.2) is 4.79 Å². The number of rotatable bonds is 7. The lowest BCUT2D eigenvalue weighted by Gasteiger charge is -2.44. The molecule has 2 aliphatic heterocycles. The number of piperidine rings is 1. The summed E-state index contributed by atoms with van der Waals surface area (Å²) in [5.74, 6) is -0.266. The number of carbonyl (C=O) groups is 2. The molecule has 182 valence electrons. The van der Waals surface area contributed by atoms with Crippen LogP contribution in [0.5, 0.6) is 0 Å². The third-order valence-electron chi connectivity index (χ3n) is 6.93. The Morgan fingerprint density at radius 1 is 1.03 bits per heavy atom. The second-order valence-corrected chi connectivity index (χ2v) is 9.16. The number of hydrogen-bond donors (Lipinski definition) is 0. The number of benzene rings is 1. The van der Waals surface area contributed by atoms with Gasteiger partial charge in [-0.2, -0.15) is 13.2 Å². The number of halogens is 3. The molecule has 1 atom stereocenters. The number of carbonyl (C=O) groups excluding carboxylic acids is 2. The quantitative estimate of drug-likeness (QED) is 0.563. The molecule has 0 radical (unpaired) electrons. The van der Waals surface area contributed by atoms with Gasteiger partial charge < -0.3 is 9.80 Å². The summed E-state index contributed by atoms with van der Waals surface area (Å²) in [6.45, 7) is 2.73. The maximum atomic E-state index is 13.7. The lowest BCUT2D eigenvalue weighted by Crippen LogP contribution is -2.58. The Kier molecular flexibility index (Phi) is 6.93. The molecule has 1 spiro atoms. The molecule has 0 saturated carbocycles. The first-order chi connectivity index (χ1) is 16.2. The van der Waals surface area contributed by atoms with Gasteiger partial charge in [0, 0.05) is 38.1 Å². The smallest absolute Gasteiger partial charge is 0.309 e. The second kappa shape index (κ2) is 9.74. The van der Waals surface area contributed by atoms with E-state index in [9.17, 15) is 22.8 Å². The van der Waals surface area contributed by atoms with Crippen molar-refractivity contribution >= 4 is 11.9 Å². The SMILES string of the molecule is C[C@@H](CC(F)(F)F)N1CCC2(CC1)C(=O)N(Cc1cccnc1)C(=O)N2CCc1ccccc1. The van der Waals surface area contributed by atoms with Gasteiger partial charge in [-0.05, 0) is 43.4 Å². The van der Waals surface area contributed by atoms with Crippen LogP contribution in [0.1, 0.15) is 37.3 Å². The molecule has 3 heterocycles. The van der Waals surface area contributed by atoms with Crippen LogP contribution in [-0.4, -0.2) is 69.0 Å². The summed E-state index contributed by atoms with van der Waals surface area (Å²) >= 11 is 0. The Bertz CT molecular complexity index is 992. The van der Waals surface area contributed by atoms with E-state index in [1.807, 2.05) is 36.4 Å². The van der Waals surface area contributed by atoms with Crippen LogP contribution < -0.4 is 0 Å². The van der Waals surface area contributed by atoms with Crippen molar-refractivity contribution in [3.05, 3.63) is 66.0 Å². The number of amides is 3. The van der Waals surface area contributed by atoms with Gasteiger partial charge >= 0.3 is 12.2 Å². The largest absolute Gasteiger partial charge is 0.390 e. The Morgan fingerprint density at radius 3 is 2.32 bits per heavy atom. The molecule has 9 heteroatoms. The molecule has 0 aliphatic carbocycles. The van der Waals surface area contributed by atoms with E-state index < -0.39 is 24.2 Å². The van der Waals surface area contributed by atoms with Crippen LogP contribution in [0.25, 0.3) is 0 Å². The number of imide groups is 1. The Hall–Kier alpha value is -2.94. The molecule has 0 N–H and O–H groups in total. The predicted molar refractivity (Wildman–Crippen MR) is 121 cm³/mol. The molecule has 1 aromatic heterocycles. The fourth-order valence-electron chi connectivity index (χ4n) is 5.07. The molecule has 2 aliphatic rings. The molecule has 0 unspecified atom stereocenters. The van der Waals surface area contributed by atoms with E-state index in [0.29, 0.717) is 38.9 Å². The molecule has 1 aromatic carbocycles. The molecule has 34 heavy (non-hydrogen) atoms. The molecule has 0 bridgehead atoms. The maximum absolute atomic E-state index is 13.7. The average Bonchev–Trinajstić information content (AvgIpc) is 2.99. The van der Waals surface area contributed by atoms with Gasteiger partial charge in [0.1, 0.15) is 5.54 Å². The fraction of sp³-hybridized carbons (Fsp3) is 0.480. The van der Waals surface area contributed by atoms with Gasteiger partial charge in [0.15, 0.2) is 0 Å². The van der Waals surface area contributed by atoms with Crippen LogP contribution in [0.15, 0.2) is 54.9 Å². The molecular weight excluding hydrogens is 445 g/mol. The van der Waals surface area contributed by atoms with E-state index in [2.05, 4.69) is 4.98 Å². The normalized spacial score (nSPS) is 19.8. The second-order valence-electron chi connectivity index (χ2n) is 9.16. The molecule has 6 nitrogen and oxygen atoms in total. The highest BCUT2D eigenvalue weighted by atomic mass is 19.4. The van der Waals surface area contributed by atoms with Gasteiger partial charge in [0.2, 0.25) is 0 Å². The first kappa shape index (κ1) is 24.2. The maximum Gasteiger partial charge on any atom is 0.390 e. The summed E-state index contributed by atoms with van der Waals surface area (Å²) in [6, 6.07) is 12.3. The first-order valence-electron chi connectivity index (χ1n) is 11.6. The zero-order chi connectivity index (χ0) is 24.3. The summed E-state index contributed by atoms with van der Waals surface area (Å²) in [4.78, 5) is 35.9. The van der Waals surface area contributed by atoms with E-state index in [0.717, 1.165) is 11.1 Å². The summed E-state index contributed by atoms with van der Waals surface area (Å²) in [7, 11) is 0. The van der Waals surface area contributed by atoms with Gasteiger partial charge in [0.25, 0.3) is 5.91 Å². The van der Waals surface area contributed by atoms with Crippen molar-refractivity contribution in [1.29, 1.82) is 0 Å². The minimum absolute atomic E-state index is 0.128. The third kappa shape index (κ3) is 5.09. The highest BCUT2D eigenvalue weighted by molar-refractivity contribution is 6.07. The van der Waals surface area contributed by atoms with Crippen LogP contribution >= 0.6 is 0 Å². The van der Waals surface area contributed by atoms with Crippen molar-refractivity contribution in [2.75, 3.05) is 19.6 Å². The number of pyridine rings is 1. The van der Waals surface area contributed by atoms with Crippen LogP contribution in [0, 0.1) is 0 Å². The molecule has 2 saturated heterocycles. The fourth-order valence-corrected chi connectivity index (χ4v) is 5.07. The average molecular weight is 475 g/mol. The van der Waals surface area contributed by atoms with Crippen molar-refractivity contribution < 1.29 is 22.8 Å². The highest BCUT2D eigenvalue weighted by Gasteiger charge is 2.58. The minimum atomic E-state index is -4.24. The topological polar surface area (TPSA) is 56.8 Å². The number of alkyl halides is 3. The van der Waals surface area contributed by atoms with E-state index >= 15 is 0 Å². The van der Waals surface area contributed by atoms with Crippen molar-refractivity contribution in [2.24, 2.45) is 0 Å². The lowest BCUT2D eigenvalue weighted by molar-refractivity contribution is -0.150. The number of nitrogens with zero attached hydrogens (tertiary/aromatic N) is 4. The summed E-state index contributed by atoms with van der Waals surface area (Å²) < 4.78 is 38.7. The number of likely N-dealkylation sites (tertiary alicyclic amines) is 1. The summed E-state index contributed by atoms with van der Waals surface area (Å²) in [6.07, 6.45) is -0.649. The van der Waals surface area contributed by atoms with Crippen molar-refractivity contribution in [3.63, 3.8) is 0 Å². The first-order valence-corrected chi connectivity index (χ1v) is 11.6. The van der Waals surface area contributed by atoms with Crippen LogP contribution in [0.2, 0.25) is 0 Å². The van der Waals surface area contributed by atoms with Gasteiger partial charge in [-0.3, -0.25) is 14.7 Å². The molecule has 2 aromatic rings. The van der Waals surface area contributed by atoms with E-state index in [4.69, 9.17) is 0 Å². The Labute approximate surface area is 197 Å². The zero-order valence-corrected chi connectivity index (χ0v) is 19.2. The van der Waals surface area contributed by atoms with Crippen molar-refractivity contribution in [1.82, 2.24) is 19.7 Å². The minimum Gasteiger partial charge on any atom is -0.309 e. The lowest BCUT2D eigenvalue weighted by atomic mass is 9.85. The third-order valence-corrected chi connectivity index (χ3v) is 6.93. The van der Waals surface area contributed by atoms with E-state index in [1.165, 1.54) is 4.90 Å². The molecular formula is C25H29F3N4O2. The number of aromatic nitrogens is 1. The summed E-state index contributed by atoms with van der Waals surface area (Å²) in [5, 5.41) is 0.